The van der Waals surface area contributed by atoms with Crippen LogP contribution in [-0.2, 0) is 5.75 Å². The monoisotopic (exact) mass is 227 g/mol. The third-order valence-corrected chi connectivity index (χ3v) is 3.78. The van der Waals surface area contributed by atoms with Crippen molar-refractivity contribution in [1.82, 2.24) is 0 Å². The van der Waals surface area contributed by atoms with Gasteiger partial charge in [0.1, 0.15) is 0 Å². The van der Waals surface area contributed by atoms with E-state index in [1.54, 1.807) is 11.8 Å². The van der Waals surface area contributed by atoms with E-state index in [0.717, 1.165) is 18.7 Å². The number of thioether (sulfide) groups is 2. The lowest BCUT2D eigenvalue weighted by molar-refractivity contribution is 0.943. The molecule has 0 saturated heterocycles. The molecule has 0 amide bonds. The van der Waals surface area contributed by atoms with E-state index in [2.05, 4.69) is 30.5 Å². The molecule has 0 aliphatic carbocycles. The summed E-state index contributed by atoms with van der Waals surface area (Å²) < 4.78 is 0. The van der Waals surface area contributed by atoms with Crippen molar-refractivity contribution in [2.45, 2.75) is 17.1 Å². The first-order valence-electron chi connectivity index (χ1n) is 4.77. The van der Waals surface area contributed by atoms with Gasteiger partial charge >= 0.3 is 0 Å². The Morgan fingerprint density at radius 2 is 1.93 bits per heavy atom. The highest BCUT2D eigenvalue weighted by Crippen LogP contribution is 2.18. The van der Waals surface area contributed by atoms with Crippen molar-refractivity contribution in [3.8, 4) is 0 Å². The van der Waals surface area contributed by atoms with E-state index >= 15 is 0 Å². The fraction of sp³-hybridized carbons (Fsp3) is 0.455. The van der Waals surface area contributed by atoms with Crippen molar-refractivity contribution in [3.05, 3.63) is 29.8 Å². The number of rotatable bonds is 6. The third-order valence-electron chi connectivity index (χ3n) is 1.92. The second kappa shape index (κ2) is 7.21. The van der Waals surface area contributed by atoms with Crippen LogP contribution in [0.15, 0.2) is 29.2 Å². The quantitative estimate of drug-likeness (QED) is 0.597. The summed E-state index contributed by atoms with van der Waals surface area (Å²) in [5.74, 6) is 2.27. The summed E-state index contributed by atoms with van der Waals surface area (Å²) in [5.41, 5.74) is 6.84. The van der Waals surface area contributed by atoms with Crippen LogP contribution in [0.2, 0.25) is 0 Å². The van der Waals surface area contributed by atoms with Gasteiger partial charge in [0.05, 0.1) is 0 Å². The van der Waals surface area contributed by atoms with E-state index in [1.165, 1.54) is 16.2 Å². The molecule has 0 unspecified atom stereocenters. The highest BCUT2D eigenvalue weighted by molar-refractivity contribution is 7.98. The summed E-state index contributed by atoms with van der Waals surface area (Å²) >= 11 is 3.74. The summed E-state index contributed by atoms with van der Waals surface area (Å²) in [5, 5.41) is 0. The van der Waals surface area contributed by atoms with Gasteiger partial charge in [0.25, 0.3) is 0 Å². The third kappa shape index (κ3) is 4.40. The van der Waals surface area contributed by atoms with Crippen molar-refractivity contribution in [1.29, 1.82) is 0 Å². The van der Waals surface area contributed by atoms with E-state index in [4.69, 9.17) is 5.73 Å². The molecular formula is C11H17NS2. The van der Waals surface area contributed by atoms with Gasteiger partial charge in [-0.05, 0) is 42.7 Å². The van der Waals surface area contributed by atoms with Crippen molar-refractivity contribution in [3.63, 3.8) is 0 Å². The molecule has 2 N–H and O–H groups in total. The molecule has 1 aromatic carbocycles. The Balaban J connectivity index is 2.29. The molecule has 0 saturated carbocycles. The van der Waals surface area contributed by atoms with Crippen LogP contribution in [0.25, 0.3) is 0 Å². The average Bonchev–Trinajstić information content (AvgIpc) is 2.25. The second-order valence-corrected chi connectivity index (χ2v) is 5.03. The van der Waals surface area contributed by atoms with Crippen LogP contribution in [0.5, 0.6) is 0 Å². The maximum absolute atomic E-state index is 5.43. The summed E-state index contributed by atoms with van der Waals surface area (Å²) in [6, 6.07) is 8.79. The maximum Gasteiger partial charge on any atom is 0.0184 e. The summed E-state index contributed by atoms with van der Waals surface area (Å²) in [6.45, 7) is 0.804. The van der Waals surface area contributed by atoms with Crippen LogP contribution in [-0.4, -0.2) is 18.6 Å². The van der Waals surface area contributed by atoms with Gasteiger partial charge in [-0.25, -0.2) is 0 Å². The second-order valence-electron chi connectivity index (χ2n) is 3.04. The summed E-state index contributed by atoms with van der Waals surface area (Å²) in [7, 11) is 0. The number of nitrogens with two attached hydrogens (primary N) is 1. The fourth-order valence-electron chi connectivity index (χ4n) is 1.10. The lowest BCUT2D eigenvalue weighted by Crippen LogP contribution is -1.99. The molecule has 14 heavy (non-hydrogen) atoms. The molecule has 0 atom stereocenters. The van der Waals surface area contributed by atoms with Gasteiger partial charge < -0.3 is 5.73 Å². The first-order valence-corrected chi connectivity index (χ1v) is 7.15. The minimum atomic E-state index is 0.804. The largest absolute Gasteiger partial charge is 0.330 e. The molecule has 0 heterocycles. The molecule has 1 nitrogen and oxygen atoms in total. The number of hydrogen-bond acceptors (Lipinski definition) is 3. The van der Waals surface area contributed by atoms with Crippen molar-refractivity contribution in [2.24, 2.45) is 5.73 Å². The Labute approximate surface area is 94.8 Å². The van der Waals surface area contributed by atoms with E-state index in [-0.39, 0.29) is 0 Å². The van der Waals surface area contributed by atoms with E-state index in [1.807, 2.05) is 11.8 Å². The number of hydrogen-bond donors (Lipinski definition) is 1. The van der Waals surface area contributed by atoms with Crippen LogP contribution in [0.1, 0.15) is 12.0 Å². The van der Waals surface area contributed by atoms with Crippen LogP contribution >= 0.6 is 23.5 Å². The maximum atomic E-state index is 5.43. The van der Waals surface area contributed by atoms with Gasteiger partial charge in [-0.1, -0.05) is 12.1 Å². The first kappa shape index (κ1) is 12.0. The molecule has 0 aliphatic rings. The molecule has 1 rings (SSSR count). The molecule has 0 aromatic heterocycles. The van der Waals surface area contributed by atoms with Crippen LogP contribution in [0, 0.1) is 0 Å². The molecule has 0 radical (unpaired) electrons. The van der Waals surface area contributed by atoms with Gasteiger partial charge in [0, 0.05) is 10.6 Å². The molecular weight excluding hydrogens is 210 g/mol. The van der Waals surface area contributed by atoms with Gasteiger partial charge in [-0.3, -0.25) is 0 Å². The minimum absolute atomic E-state index is 0.804. The predicted octanol–water partition coefficient (Wildman–Crippen LogP) is 2.99. The summed E-state index contributed by atoms with van der Waals surface area (Å²) in [6.07, 6.45) is 3.22. The predicted molar refractivity (Wildman–Crippen MR) is 68.1 cm³/mol. The molecule has 0 aliphatic heterocycles. The Kier molecular flexibility index (Phi) is 6.15. The van der Waals surface area contributed by atoms with Gasteiger partial charge in [0.2, 0.25) is 0 Å². The van der Waals surface area contributed by atoms with Crippen LogP contribution < -0.4 is 5.73 Å². The van der Waals surface area contributed by atoms with Gasteiger partial charge in [-0.2, -0.15) is 11.8 Å². The molecule has 1 aromatic rings. The van der Waals surface area contributed by atoms with Crippen molar-refractivity contribution in [2.75, 3.05) is 18.6 Å². The Morgan fingerprint density at radius 3 is 2.50 bits per heavy atom. The standard InChI is InChI=1S/C11H17NS2/c1-13-11-5-3-10(4-6-11)9-14-8-2-7-12/h3-6H,2,7-9,12H2,1H3. The minimum Gasteiger partial charge on any atom is -0.330 e. The Morgan fingerprint density at radius 1 is 1.21 bits per heavy atom. The van der Waals surface area contributed by atoms with Crippen molar-refractivity contribution < 1.29 is 0 Å². The highest BCUT2D eigenvalue weighted by Gasteiger charge is 1.94. The van der Waals surface area contributed by atoms with Gasteiger partial charge in [-0.15, -0.1) is 11.8 Å². The smallest absolute Gasteiger partial charge is 0.0184 e. The zero-order valence-corrected chi connectivity index (χ0v) is 10.2. The lowest BCUT2D eigenvalue weighted by Gasteiger charge is -2.02. The molecule has 0 bridgehead atoms. The highest BCUT2D eigenvalue weighted by atomic mass is 32.2. The zero-order valence-electron chi connectivity index (χ0n) is 8.53. The molecule has 3 heteroatoms. The van der Waals surface area contributed by atoms with E-state index in [0.29, 0.717) is 0 Å². The van der Waals surface area contributed by atoms with Crippen LogP contribution in [0.3, 0.4) is 0 Å². The molecule has 0 fully saturated rings. The van der Waals surface area contributed by atoms with E-state index in [9.17, 15) is 0 Å². The SMILES string of the molecule is CSc1ccc(CSCCCN)cc1. The normalized spacial score (nSPS) is 10.4. The van der Waals surface area contributed by atoms with E-state index < -0.39 is 0 Å². The zero-order chi connectivity index (χ0) is 10.2. The van der Waals surface area contributed by atoms with Gasteiger partial charge in [0.15, 0.2) is 0 Å². The van der Waals surface area contributed by atoms with Crippen molar-refractivity contribution >= 4 is 23.5 Å². The molecule has 78 valence electrons. The average molecular weight is 227 g/mol. The summed E-state index contributed by atoms with van der Waals surface area (Å²) in [4.78, 5) is 1.33. The fourth-order valence-corrected chi connectivity index (χ4v) is 2.45. The first-order chi connectivity index (χ1) is 6.86. The van der Waals surface area contributed by atoms with Crippen LogP contribution in [0.4, 0.5) is 0 Å². The Bertz CT molecular complexity index is 246. The lowest BCUT2D eigenvalue weighted by atomic mass is 10.2. The molecule has 0 spiro atoms. The Hall–Kier alpha value is -0.120. The number of benzene rings is 1. The topological polar surface area (TPSA) is 26.0 Å².